The van der Waals surface area contributed by atoms with Crippen molar-refractivity contribution in [3.63, 3.8) is 0 Å². The van der Waals surface area contributed by atoms with E-state index in [1.807, 2.05) is 24.3 Å². The molecule has 96 valence electrons. The molecule has 0 heterocycles. The minimum atomic E-state index is 0.176. The highest BCUT2D eigenvalue weighted by molar-refractivity contribution is 14.1. The quantitative estimate of drug-likeness (QED) is 0.509. The van der Waals surface area contributed by atoms with Crippen LogP contribution in [-0.4, -0.2) is 11.0 Å². The molecule has 3 heteroatoms. The number of ether oxygens (including phenoxy) is 1. The first-order valence-electron chi connectivity index (χ1n) is 5.85. The van der Waals surface area contributed by atoms with Gasteiger partial charge in [0.1, 0.15) is 0 Å². The van der Waals surface area contributed by atoms with Gasteiger partial charge in [-0.25, -0.2) is 0 Å². The van der Waals surface area contributed by atoms with Crippen LogP contribution < -0.4 is 0 Å². The Morgan fingerprint density at radius 2 is 1.82 bits per heavy atom. The van der Waals surface area contributed by atoms with E-state index in [1.54, 1.807) is 0 Å². The van der Waals surface area contributed by atoms with Crippen LogP contribution in [0.2, 0.25) is 5.02 Å². The summed E-state index contributed by atoms with van der Waals surface area (Å²) < 4.78 is 6.90. The van der Waals surface area contributed by atoms with E-state index >= 15 is 0 Å². The van der Waals surface area contributed by atoms with E-state index in [4.69, 9.17) is 16.3 Å². The molecule has 1 unspecified atom stereocenters. The summed E-state index contributed by atoms with van der Waals surface area (Å²) in [6.45, 7) is 7.51. The van der Waals surface area contributed by atoms with Gasteiger partial charge in [-0.3, -0.25) is 0 Å². The Kier molecular flexibility index (Phi) is 6.24. The van der Waals surface area contributed by atoms with Gasteiger partial charge in [0.05, 0.1) is 6.10 Å². The van der Waals surface area contributed by atoms with E-state index in [9.17, 15) is 0 Å². The van der Waals surface area contributed by atoms with E-state index in [1.165, 1.54) is 5.56 Å². The first-order chi connectivity index (χ1) is 7.92. The molecule has 0 amide bonds. The average Bonchev–Trinajstić information content (AvgIpc) is 2.24. The maximum absolute atomic E-state index is 5.94. The van der Waals surface area contributed by atoms with Gasteiger partial charge in [-0.2, -0.15) is 0 Å². The summed E-state index contributed by atoms with van der Waals surface area (Å²) in [5.74, 6) is 0. The Morgan fingerprint density at radius 3 is 2.29 bits per heavy atom. The van der Waals surface area contributed by atoms with E-state index in [-0.39, 0.29) is 6.10 Å². The van der Waals surface area contributed by atoms with Crippen LogP contribution in [0.3, 0.4) is 0 Å². The molecule has 1 atom stereocenters. The minimum Gasteiger partial charge on any atom is -0.373 e. The molecule has 0 fully saturated rings. The number of benzene rings is 1. The number of rotatable bonds is 5. The van der Waals surface area contributed by atoms with Crippen LogP contribution in [0.25, 0.3) is 0 Å². The zero-order valence-corrected chi connectivity index (χ0v) is 13.6. The molecular formula is C14H20ClIO. The normalized spacial score (nSPS) is 13.7. The van der Waals surface area contributed by atoms with Crippen molar-refractivity contribution in [3.05, 3.63) is 34.9 Å². The van der Waals surface area contributed by atoms with E-state index < -0.39 is 0 Å². The number of hydrogen-bond donors (Lipinski definition) is 0. The standard InChI is InChI=1S/C14H20ClIO/c1-14(2,3)8-9-17-13(10-16)11-4-6-12(15)7-5-11/h4-7,13H,8-10H2,1-3H3. The van der Waals surface area contributed by atoms with Gasteiger partial charge in [0.15, 0.2) is 0 Å². The smallest absolute Gasteiger partial charge is 0.0914 e. The lowest BCUT2D eigenvalue weighted by Crippen LogP contribution is -2.13. The molecule has 0 spiro atoms. The highest BCUT2D eigenvalue weighted by Gasteiger charge is 2.14. The third-order valence-corrected chi connectivity index (χ3v) is 3.60. The van der Waals surface area contributed by atoms with Gasteiger partial charge in [0.25, 0.3) is 0 Å². The Labute approximate surface area is 123 Å². The van der Waals surface area contributed by atoms with Crippen molar-refractivity contribution in [1.82, 2.24) is 0 Å². The van der Waals surface area contributed by atoms with Gasteiger partial charge in [0, 0.05) is 16.1 Å². The van der Waals surface area contributed by atoms with Crippen molar-refractivity contribution < 1.29 is 4.74 Å². The zero-order valence-electron chi connectivity index (χ0n) is 10.7. The van der Waals surface area contributed by atoms with Gasteiger partial charge in [0.2, 0.25) is 0 Å². The van der Waals surface area contributed by atoms with Crippen LogP contribution in [0.4, 0.5) is 0 Å². The summed E-state index contributed by atoms with van der Waals surface area (Å²) in [5, 5.41) is 0.774. The molecule has 1 rings (SSSR count). The summed E-state index contributed by atoms with van der Waals surface area (Å²) in [4.78, 5) is 0. The van der Waals surface area contributed by atoms with Gasteiger partial charge < -0.3 is 4.74 Å². The number of alkyl halides is 1. The van der Waals surface area contributed by atoms with Crippen molar-refractivity contribution in [2.24, 2.45) is 5.41 Å². The number of halogens is 2. The minimum absolute atomic E-state index is 0.176. The highest BCUT2D eigenvalue weighted by atomic mass is 127. The third-order valence-electron chi connectivity index (χ3n) is 2.55. The molecule has 0 aliphatic rings. The predicted octanol–water partition coefficient (Wildman–Crippen LogP) is 5.27. The summed E-state index contributed by atoms with van der Waals surface area (Å²) >= 11 is 8.25. The second-order valence-corrected chi connectivity index (χ2v) is 6.69. The Balaban J connectivity index is 2.51. The lowest BCUT2D eigenvalue weighted by atomic mass is 9.93. The second-order valence-electron chi connectivity index (χ2n) is 5.38. The maximum Gasteiger partial charge on any atom is 0.0914 e. The summed E-state index contributed by atoms with van der Waals surface area (Å²) in [6, 6.07) is 7.93. The predicted molar refractivity (Wildman–Crippen MR) is 83.1 cm³/mol. The van der Waals surface area contributed by atoms with Crippen LogP contribution in [0.5, 0.6) is 0 Å². The molecule has 0 aromatic heterocycles. The SMILES string of the molecule is CC(C)(C)CCOC(CI)c1ccc(Cl)cc1. The van der Waals surface area contributed by atoms with Crippen molar-refractivity contribution in [2.75, 3.05) is 11.0 Å². The van der Waals surface area contributed by atoms with Crippen molar-refractivity contribution >= 4 is 34.2 Å². The van der Waals surface area contributed by atoms with Gasteiger partial charge in [-0.05, 0) is 29.5 Å². The molecule has 0 saturated carbocycles. The molecule has 0 bridgehead atoms. The monoisotopic (exact) mass is 366 g/mol. The fourth-order valence-electron chi connectivity index (χ4n) is 1.41. The summed E-state index contributed by atoms with van der Waals surface area (Å²) in [7, 11) is 0. The molecule has 0 radical (unpaired) electrons. The van der Waals surface area contributed by atoms with E-state index in [2.05, 4.69) is 43.4 Å². The van der Waals surface area contributed by atoms with E-state index in [0.29, 0.717) is 5.41 Å². The molecule has 0 aliphatic carbocycles. The maximum atomic E-state index is 5.94. The van der Waals surface area contributed by atoms with Gasteiger partial charge in [-0.1, -0.05) is 67.1 Å². The summed E-state index contributed by atoms with van der Waals surface area (Å²) in [5.41, 5.74) is 1.54. The van der Waals surface area contributed by atoms with Crippen LogP contribution in [0, 0.1) is 5.41 Å². The van der Waals surface area contributed by atoms with Crippen LogP contribution in [0.1, 0.15) is 38.9 Å². The molecule has 1 aromatic rings. The first kappa shape index (κ1) is 15.3. The average molecular weight is 367 g/mol. The highest BCUT2D eigenvalue weighted by Crippen LogP contribution is 2.24. The Bertz CT molecular complexity index is 329. The summed E-state index contributed by atoms with van der Waals surface area (Å²) in [6.07, 6.45) is 1.25. The number of hydrogen-bond acceptors (Lipinski definition) is 1. The van der Waals surface area contributed by atoms with Crippen LogP contribution >= 0.6 is 34.2 Å². The lowest BCUT2D eigenvalue weighted by Gasteiger charge is -2.21. The molecule has 1 nitrogen and oxygen atoms in total. The van der Waals surface area contributed by atoms with E-state index in [0.717, 1.165) is 22.5 Å². The van der Waals surface area contributed by atoms with Crippen molar-refractivity contribution in [1.29, 1.82) is 0 Å². The first-order valence-corrected chi connectivity index (χ1v) is 7.76. The molecule has 0 N–H and O–H groups in total. The molecule has 1 aromatic carbocycles. The van der Waals surface area contributed by atoms with Crippen molar-refractivity contribution in [3.8, 4) is 0 Å². The zero-order chi connectivity index (χ0) is 12.9. The second kappa shape index (κ2) is 6.95. The third kappa shape index (κ3) is 6.07. The molecule has 0 aliphatic heterocycles. The largest absolute Gasteiger partial charge is 0.373 e. The van der Waals surface area contributed by atoms with Crippen LogP contribution in [0.15, 0.2) is 24.3 Å². The van der Waals surface area contributed by atoms with Gasteiger partial charge >= 0.3 is 0 Å². The van der Waals surface area contributed by atoms with Crippen molar-refractivity contribution in [2.45, 2.75) is 33.3 Å². The fourth-order valence-corrected chi connectivity index (χ4v) is 2.30. The molecular weight excluding hydrogens is 347 g/mol. The van der Waals surface area contributed by atoms with Gasteiger partial charge in [-0.15, -0.1) is 0 Å². The molecule has 0 saturated heterocycles. The van der Waals surface area contributed by atoms with Crippen LogP contribution in [-0.2, 0) is 4.74 Å². The Morgan fingerprint density at radius 1 is 1.24 bits per heavy atom. The topological polar surface area (TPSA) is 9.23 Å². The fraction of sp³-hybridized carbons (Fsp3) is 0.571. The lowest BCUT2D eigenvalue weighted by molar-refractivity contribution is 0.0531. The Hall–Kier alpha value is 0.200. The molecule has 17 heavy (non-hydrogen) atoms.